The summed E-state index contributed by atoms with van der Waals surface area (Å²) in [6, 6.07) is 0. The third-order valence-corrected chi connectivity index (χ3v) is 1.78. The van der Waals surface area contributed by atoms with Crippen molar-refractivity contribution in [2.24, 2.45) is 5.92 Å². The average molecular weight is 168 g/mol. The highest BCUT2D eigenvalue weighted by Gasteiger charge is 2.00. The zero-order valence-electron chi connectivity index (χ0n) is 7.33. The Morgan fingerprint density at radius 2 is 1.92 bits per heavy atom. The van der Waals surface area contributed by atoms with Crippen LogP contribution in [0.5, 0.6) is 0 Å². The molecule has 0 aromatic heterocycles. The highest BCUT2D eigenvalue weighted by molar-refractivity contribution is 5.66. The summed E-state index contributed by atoms with van der Waals surface area (Å²) in [5, 5.41) is 8.35. The highest BCUT2D eigenvalue weighted by Crippen LogP contribution is 2.11. The molecule has 12 heavy (non-hydrogen) atoms. The molecule has 0 saturated heterocycles. The van der Waals surface area contributed by atoms with Crippen LogP contribution in [0.25, 0.3) is 0 Å². The monoisotopic (exact) mass is 168 g/mol. The molecule has 0 aliphatic carbocycles. The first-order valence-corrected chi connectivity index (χ1v) is 4.17. The van der Waals surface area contributed by atoms with Crippen LogP contribution in [0.15, 0.2) is 25.3 Å². The van der Waals surface area contributed by atoms with Gasteiger partial charge in [0.05, 0.1) is 0 Å². The lowest BCUT2D eigenvalue weighted by Crippen LogP contribution is -1.96. The smallest absolute Gasteiger partial charge is 0.303 e. The Bertz CT molecular complexity index is 153. The third kappa shape index (κ3) is 5.71. The highest BCUT2D eigenvalue weighted by atomic mass is 16.4. The van der Waals surface area contributed by atoms with Crippen LogP contribution in [0.4, 0.5) is 0 Å². The van der Waals surface area contributed by atoms with Crippen LogP contribution in [-0.4, -0.2) is 11.1 Å². The van der Waals surface area contributed by atoms with E-state index in [0.717, 1.165) is 19.3 Å². The molecule has 68 valence electrons. The van der Waals surface area contributed by atoms with Crippen LogP contribution in [0, 0.1) is 5.92 Å². The fourth-order valence-electron chi connectivity index (χ4n) is 0.988. The van der Waals surface area contributed by atoms with Gasteiger partial charge in [-0.3, -0.25) is 4.79 Å². The largest absolute Gasteiger partial charge is 0.481 e. The minimum Gasteiger partial charge on any atom is -0.481 e. The molecule has 2 heteroatoms. The summed E-state index contributed by atoms with van der Waals surface area (Å²) in [7, 11) is 0. The van der Waals surface area contributed by atoms with Gasteiger partial charge in [0.1, 0.15) is 0 Å². The Morgan fingerprint density at radius 1 is 1.33 bits per heavy atom. The molecule has 0 aliphatic heterocycles. The van der Waals surface area contributed by atoms with Gasteiger partial charge in [0, 0.05) is 6.42 Å². The van der Waals surface area contributed by atoms with Crippen LogP contribution in [0.1, 0.15) is 25.7 Å². The lowest BCUT2D eigenvalue weighted by molar-refractivity contribution is -0.137. The van der Waals surface area contributed by atoms with Gasteiger partial charge in [0.25, 0.3) is 0 Å². The first-order valence-electron chi connectivity index (χ1n) is 4.17. The number of hydrogen-bond donors (Lipinski definition) is 1. The fraction of sp³-hybridized carbons (Fsp3) is 0.500. The molecule has 0 bridgehead atoms. The van der Waals surface area contributed by atoms with Gasteiger partial charge in [-0.1, -0.05) is 18.6 Å². The van der Waals surface area contributed by atoms with E-state index in [1.165, 1.54) is 0 Å². The molecule has 0 fully saturated rings. The van der Waals surface area contributed by atoms with Crippen LogP contribution >= 0.6 is 0 Å². The second kappa shape index (κ2) is 6.65. The van der Waals surface area contributed by atoms with Crippen LogP contribution in [0.3, 0.4) is 0 Å². The summed E-state index contributed by atoms with van der Waals surface area (Å²) >= 11 is 0. The van der Waals surface area contributed by atoms with Crippen LogP contribution in [-0.2, 0) is 4.79 Å². The normalized spacial score (nSPS) is 9.75. The predicted octanol–water partition coefficient (Wildman–Crippen LogP) is 2.62. The van der Waals surface area contributed by atoms with E-state index in [0.29, 0.717) is 5.92 Å². The zero-order chi connectivity index (χ0) is 9.40. The molecule has 0 amide bonds. The molecule has 0 unspecified atom stereocenters. The molecule has 0 spiro atoms. The molecule has 0 radical (unpaired) electrons. The third-order valence-electron chi connectivity index (χ3n) is 1.78. The lowest BCUT2D eigenvalue weighted by atomic mass is 10.0. The van der Waals surface area contributed by atoms with Crippen LogP contribution in [0.2, 0.25) is 0 Å². The summed E-state index contributed by atoms with van der Waals surface area (Å²) in [5.74, 6) is -0.387. The van der Waals surface area contributed by atoms with Crippen molar-refractivity contribution in [1.29, 1.82) is 0 Å². The maximum Gasteiger partial charge on any atom is 0.303 e. The first kappa shape index (κ1) is 11.0. The Morgan fingerprint density at radius 3 is 2.33 bits per heavy atom. The quantitative estimate of drug-likeness (QED) is 0.468. The molecule has 0 saturated carbocycles. The van der Waals surface area contributed by atoms with Crippen molar-refractivity contribution in [1.82, 2.24) is 0 Å². The van der Waals surface area contributed by atoms with Crippen molar-refractivity contribution in [3.8, 4) is 0 Å². The second-order valence-corrected chi connectivity index (χ2v) is 2.77. The van der Waals surface area contributed by atoms with Crippen molar-refractivity contribution in [3.63, 3.8) is 0 Å². The SMILES string of the molecule is C=CC(C=C)CCCCC(=O)O. The minimum absolute atomic E-state index is 0.265. The molecule has 0 aromatic carbocycles. The molecule has 0 heterocycles. The van der Waals surface area contributed by atoms with Crippen molar-refractivity contribution in [2.75, 3.05) is 0 Å². The van der Waals surface area contributed by atoms with E-state index in [2.05, 4.69) is 13.2 Å². The molecule has 0 atom stereocenters. The van der Waals surface area contributed by atoms with E-state index in [1.807, 2.05) is 12.2 Å². The van der Waals surface area contributed by atoms with Crippen molar-refractivity contribution in [3.05, 3.63) is 25.3 Å². The first-order chi connectivity index (χ1) is 5.70. The number of unbranched alkanes of at least 4 members (excludes halogenated alkanes) is 1. The molecule has 1 N–H and O–H groups in total. The molecular formula is C10H16O2. The summed E-state index contributed by atoms with van der Waals surface area (Å²) in [5.41, 5.74) is 0. The Hall–Kier alpha value is -1.05. The molecule has 2 nitrogen and oxygen atoms in total. The van der Waals surface area contributed by atoms with Gasteiger partial charge in [0.2, 0.25) is 0 Å². The van der Waals surface area contributed by atoms with Gasteiger partial charge in [-0.15, -0.1) is 13.2 Å². The number of carboxylic acid groups (broad SMARTS) is 1. The van der Waals surface area contributed by atoms with E-state index >= 15 is 0 Å². The number of rotatable bonds is 7. The van der Waals surface area contributed by atoms with E-state index in [1.54, 1.807) is 0 Å². The van der Waals surface area contributed by atoms with Gasteiger partial charge in [0.15, 0.2) is 0 Å². The van der Waals surface area contributed by atoms with Gasteiger partial charge in [-0.25, -0.2) is 0 Å². The Labute approximate surface area is 73.6 Å². The van der Waals surface area contributed by atoms with E-state index in [9.17, 15) is 4.79 Å². The summed E-state index contributed by atoms with van der Waals surface area (Å²) in [6.07, 6.45) is 6.57. The Balaban J connectivity index is 3.35. The topological polar surface area (TPSA) is 37.3 Å². The molecule has 0 aliphatic rings. The van der Waals surface area contributed by atoms with Crippen LogP contribution < -0.4 is 0 Å². The second-order valence-electron chi connectivity index (χ2n) is 2.77. The standard InChI is InChI=1S/C10H16O2/c1-3-9(4-2)7-5-6-8-10(11)12/h3-4,9H,1-2,5-8H2,(H,11,12). The average Bonchev–Trinajstić information content (AvgIpc) is 2.04. The van der Waals surface area contributed by atoms with Gasteiger partial charge in [-0.05, 0) is 18.8 Å². The minimum atomic E-state index is -0.719. The number of allylic oxidation sites excluding steroid dienone is 2. The molecular weight excluding hydrogens is 152 g/mol. The maximum atomic E-state index is 10.1. The van der Waals surface area contributed by atoms with Gasteiger partial charge >= 0.3 is 5.97 Å². The number of hydrogen-bond acceptors (Lipinski definition) is 1. The van der Waals surface area contributed by atoms with E-state index in [4.69, 9.17) is 5.11 Å². The van der Waals surface area contributed by atoms with Gasteiger partial charge in [-0.2, -0.15) is 0 Å². The summed E-state index contributed by atoms with van der Waals surface area (Å²) in [6.45, 7) is 7.32. The van der Waals surface area contributed by atoms with Gasteiger partial charge < -0.3 is 5.11 Å². The number of carbonyl (C=O) groups is 1. The Kier molecular flexibility index (Phi) is 6.07. The zero-order valence-corrected chi connectivity index (χ0v) is 7.33. The van der Waals surface area contributed by atoms with Crippen molar-refractivity contribution < 1.29 is 9.90 Å². The van der Waals surface area contributed by atoms with Crippen molar-refractivity contribution in [2.45, 2.75) is 25.7 Å². The van der Waals surface area contributed by atoms with Crippen molar-refractivity contribution >= 4 is 5.97 Å². The maximum absolute atomic E-state index is 10.1. The number of carboxylic acids is 1. The van der Waals surface area contributed by atoms with E-state index in [-0.39, 0.29) is 6.42 Å². The predicted molar refractivity (Wildman–Crippen MR) is 50.0 cm³/mol. The molecule has 0 rings (SSSR count). The number of aliphatic carboxylic acids is 1. The lowest BCUT2D eigenvalue weighted by Gasteiger charge is -2.04. The van der Waals surface area contributed by atoms with E-state index < -0.39 is 5.97 Å². The summed E-state index contributed by atoms with van der Waals surface area (Å²) in [4.78, 5) is 10.1. The molecule has 0 aromatic rings. The summed E-state index contributed by atoms with van der Waals surface area (Å²) < 4.78 is 0. The fourth-order valence-corrected chi connectivity index (χ4v) is 0.988.